The zero-order valence-electron chi connectivity index (χ0n) is 13.0. The Bertz CT molecular complexity index is 733. The van der Waals surface area contributed by atoms with Crippen LogP contribution in [-0.4, -0.2) is 28.9 Å². The maximum absolute atomic E-state index is 12.9. The summed E-state index contributed by atoms with van der Waals surface area (Å²) in [4.78, 5) is 24.9. The van der Waals surface area contributed by atoms with Gasteiger partial charge in [0.1, 0.15) is 6.61 Å². The molecular weight excluding hydrogens is 302 g/mol. The monoisotopic (exact) mass is 321 g/mol. The van der Waals surface area contributed by atoms with Gasteiger partial charge >= 0.3 is 5.97 Å². The number of ether oxygens (including phenoxy) is 3. The summed E-state index contributed by atoms with van der Waals surface area (Å²) in [5.74, 6) is -1.66. The van der Waals surface area contributed by atoms with Gasteiger partial charge in [-0.05, 0) is 18.9 Å². The Morgan fingerprint density at radius 3 is 2.74 bits per heavy atom. The minimum absolute atomic E-state index is 0.107. The molecule has 3 aliphatic heterocycles. The summed E-state index contributed by atoms with van der Waals surface area (Å²) < 4.78 is 18.3. The summed E-state index contributed by atoms with van der Waals surface area (Å²) >= 11 is 0. The number of fused-ring (bicyclic) bond motifs is 3. The predicted molar refractivity (Wildman–Crippen MR) is 77.5 cm³/mol. The van der Waals surface area contributed by atoms with E-state index in [2.05, 4.69) is 0 Å². The van der Waals surface area contributed by atoms with E-state index < -0.39 is 17.4 Å². The van der Waals surface area contributed by atoms with Crippen molar-refractivity contribution >= 4 is 5.97 Å². The van der Waals surface area contributed by atoms with E-state index >= 15 is 0 Å². The molecule has 0 aliphatic carbocycles. The van der Waals surface area contributed by atoms with Gasteiger partial charge in [-0.3, -0.25) is 4.79 Å². The van der Waals surface area contributed by atoms with Crippen molar-refractivity contribution in [2.75, 3.05) is 13.2 Å². The third kappa shape index (κ3) is 1.87. The van der Waals surface area contributed by atoms with Crippen molar-refractivity contribution < 1.29 is 24.1 Å². The van der Waals surface area contributed by atoms with E-state index in [1.807, 2.05) is 0 Å². The van der Waals surface area contributed by atoms with Gasteiger partial charge in [0.15, 0.2) is 5.60 Å². The highest BCUT2D eigenvalue weighted by atomic mass is 16.7. The number of carbonyl (C=O) groups excluding carboxylic acids is 1. The number of hydrogen-bond acceptors (Lipinski definition) is 6. The maximum atomic E-state index is 12.9. The number of nitrogens with zero attached hydrogens (tertiary/aromatic N) is 1. The number of carbonyl (C=O) groups is 1. The molecule has 0 radical (unpaired) electrons. The summed E-state index contributed by atoms with van der Waals surface area (Å²) in [6.45, 7) is 3.07. The molecule has 1 atom stereocenters. The van der Waals surface area contributed by atoms with E-state index in [1.165, 1.54) is 0 Å². The molecule has 3 aliphatic rings. The van der Waals surface area contributed by atoms with E-state index in [0.29, 0.717) is 43.0 Å². The fourth-order valence-electron chi connectivity index (χ4n) is 3.78. The topological polar surface area (TPSA) is 87.0 Å². The minimum Gasteiger partial charge on any atom is -0.458 e. The van der Waals surface area contributed by atoms with E-state index in [-0.39, 0.29) is 18.6 Å². The highest BCUT2D eigenvalue weighted by molar-refractivity contribution is 5.83. The number of rotatable bonds is 1. The lowest BCUT2D eigenvalue weighted by molar-refractivity contribution is -0.185. The Kier molecular flexibility index (Phi) is 3.16. The van der Waals surface area contributed by atoms with E-state index in [1.54, 1.807) is 17.6 Å². The second-order valence-corrected chi connectivity index (χ2v) is 6.22. The quantitative estimate of drug-likeness (QED) is 0.758. The lowest BCUT2D eigenvalue weighted by Gasteiger charge is -2.38. The number of aliphatic hydroxyl groups is 1. The number of esters is 1. The van der Waals surface area contributed by atoms with Crippen LogP contribution in [0.25, 0.3) is 0 Å². The van der Waals surface area contributed by atoms with Gasteiger partial charge in [0.05, 0.1) is 24.5 Å². The zero-order valence-corrected chi connectivity index (χ0v) is 13.0. The van der Waals surface area contributed by atoms with Crippen LogP contribution in [0.15, 0.2) is 10.9 Å². The molecule has 0 bridgehead atoms. The Balaban J connectivity index is 1.99. The summed E-state index contributed by atoms with van der Waals surface area (Å²) in [5, 5.41) is 10.8. The first kappa shape index (κ1) is 14.9. The van der Waals surface area contributed by atoms with E-state index in [4.69, 9.17) is 14.2 Å². The first-order valence-corrected chi connectivity index (χ1v) is 7.97. The number of hydrogen-bond donors (Lipinski definition) is 1. The summed E-state index contributed by atoms with van der Waals surface area (Å²) in [5.41, 5.74) is -0.776. The average molecular weight is 321 g/mol. The molecule has 1 aromatic heterocycles. The SMILES string of the molecule is CC[C@@]1(O)C(=O)OCc2c1cc1n(c2=O)CCCC12OCCO2. The van der Waals surface area contributed by atoms with Crippen LogP contribution in [0.4, 0.5) is 0 Å². The molecule has 1 fully saturated rings. The van der Waals surface area contributed by atoms with Crippen LogP contribution < -0.4 is 5.56 Å². The predicted octanol–water partition coefficient (Wildman–Crippen LogP) is 0.496. The van der Waals surface area contributed by atoms with Crippen LogP contribution in [0.1, 0.15) is 43.0 Å². The van der Waals surface area contributed by atoms with Gasteiger partial charge in [0.25, 0.3) is 5.56 Å². The molecule has 1 aromatic rings. The average Bonchev–Trinajstić information content (AvgIpc) is 3.02. The van der Waals surface area contributed by atoms with Crippen LogP contribution in [0.2, 0.25) is 0 Å². The molecule has 1 saturated heterocycles. The van der Waals surface area contributed by atoms with Crippen molar-refractivity contribution in [1.29, 1.82) is 0 Å². The number of cyclic esters (lactones) is 1. The van der Waals surface area contributed by atoms with Gasteiger partial charge in [-0.1, -0.05) is 6.92 Å². The van der Waals surface area contributed by atoms with E-state index in [0.717, 1.165) is 6.42 Å². The minimum atomic E-state index is -1.79. The van der Waals surface area contributed by atoms with Crippen molar-refractivity contribution in [2.24, 2.45) is 0 Å². The Labute approximate surface area is 132 Å². The summed E-state index contributed by atoms with van der Waals surface area (Å²) in [6.07, 6.45) is 1.56. The van der Waals surface area contributed by atoms with Gasteiger partial charge in [0, 0.05) is 18.5 Å². The number of aromatic nitrogens is 1. The van der Waals surface area contributed by atoms with Crippen LogP contribution in [0, 0.1) is 0 Å². The second kappa shape index (κ2) is 4.90. The van der Waals surface area contributed by atoms with Gasteiger partial charge in [-0.15, -0.1) is 0 Å². The highest BCUT2D eigenvalue weighted by Crippen LogP contribution is 2.42. The molecule has 0 aromatic carbocycles. The van der Waals surface area contributed by atoms with Crippen molar-refractivity contribution in [1.82, 2.24) is 4.57 Å². The lowest BCUT2D eigenvalue weighted by Crippen LogP contribution is -2.48. The van der Waals surface area contributed by atoms with E-state index in [9.17, 15) is 14.7 Å². The first-order chi connectivity index (χ1) is 11.0. The smallest absolute Gasteiger partial charge is 0.343 e. The molecule has 7 heteroatoms. The molecule has 1 N–H and O–H groups in total. The molecule has 124 valence electrons. The molecular formula is C16H19NO6. The summed E-state index contributed by atoms with van der Waals surface area (Å²) in [7, 11) is 0. The largest absolute Gasteiger partial charge is 0.458 e. The molecule has 0 unspecified atom stereocenters. The molecule has 7 nitrogen and oxygen atoms in total. The van der Waals surface area contributed by atoms with Crippen molar-refractivity contribution in [3.8, 4) is 0 Å². The fourth-order valence-corrected chi connectivity index (χ4v) is 3.78. The molecule has 0 amide bonds. The first-order valence-electron chi connectivity index (χ1n) is 7.97. The Morgan fingerprint density at radius 2 is 2.04 bits per heavy atom. The van der Waals surface area contributed by atoms with Crippen molar-refractivity contribution in [2.45, 2.75) is 50.7 Å². The van der Waals surface area contributed by atoms with Crippen LogP contribution >= 0.6 is 0 Å². The standard InChI is InChI=1S/C16H19NO6/c1-2-15(20)11-8-12-16(22-6-7-23-16)4-3-5-17(12)13(18)10(11)9-21-14(15)19/h8,20H,2-7,9H2,1H3/t15-/m0/s1. The lowest BCUT2D eigenvalue weighted by atomic mass is 9.84. The third-order valence-electron chi connectivity index (χ3n) is 5.07. The third-order valence-corrected chi connectivity index (χ3v) is 5.07. The van der Waals surface area contributed by atoms with Crippen LogP contribution in [0.3, 0.4) is 0 Å². The van der Waals surface area contributed by atoms with Crippen LogP contribution in [0.5, 0.6) is 0 Å². The van der Waals surface area contributed by atoms with Crippen molar-refractivity contribution in [3.05, 3.63) is 33.2 Å². The maximum Gasteiger partial charge on any atom is 0.343 e. The zero-order chi connectivity index (χ0) is 16.2. The van der Waals surface area contributed by atoms with Crippen LogP contribution in [-0.2, 0) is 43.5 Å². The molecule has 4 rings (SSSR count). The number of pyridine rings is 1. The van der Waals surface area contributed by atoms with Gasteiger partial charge in [0.2, 0.25) is 5.79 Å². The molecule has 0 saturated carbocycles. The fraction of sp³-hybridized carbons (Fsp3) is 0.625. The highest BCUT2D eigenvalue weighted by Gasteiger charge is 2.49. The normalized spacial score (nSPS) is 28.3. The second-order valence-electron chi connectivity index (χ2n) is 6.22. The molecule has 4 heterocycles. The Hall–Kier alpha value is -1.70. The van der Waals surface area contributed by atoms with Gasteiger partial charge in [-0.25, -0.2) is 4.79 Å². The van der Waals surface area contributed by atoms with Gasteiger partial charge in [-0.2, -0.15) is 0 Å². The summed E-state index contributed by atoms with van der Waals surface area (Å²) in [6, 6.07) is 1.70. The molecule has 23 heavy (non-hydrogen) atoms. The Morgan fingerprint density at radius 1 is 1.30 bits per heavy atom. The van der Waals surface area contributed by atoms with Gasteiger partial charge < -0.3 is 23.9 Å². The van der Waals surface area contributed by atoms with Crippen molar-refractivity contribution in [3.63, 3.8) is 0 Å². The molecule has 1 spiro atoms.